The average Bonchev–Trinajstić information content (AvgIpc) is 2.94. The second-order valence-electron chi connectivity index (χ2n) is 4.83. The van der Waals surface area contributed by atoms with Crippen molar-refractivity contribution in [2.75, 3.05) is 5.32 Å². The summed E-state index contributed by atoms with van der Waals surface area (Å²) in [6, 6.07) is 10.9. The van der Waals surface area contributed by atoms with Crippen molar-refractivity contribution in [3.05, 3.63) is 59.7 Å². The highest BCUT2D eigenvalue weighted by Gasteiger charge is 2.08. The number of benzene rings is 1. The molecular weight excluding hydrogens is 280 g/mol. The number of aromatic nitrogens is 5. The number of hydrogen-bond donors (Lipinski definition) is 1. The summed E-state index contributed by atoms with van der Waals surface area (Å²) in [5.41, 5.74) is 2.82. The highest BCUT2D eigenvalue weighted by atomic mass is 16.1. The van der Waals surface area contributed by atoms with Gasteiger partial charge in [0.2, 0.25) is 0 Å². The highest BCUT2D eigenvalue weighted by molar-refractivity contribution is 6.04. The van der Waals surface area contributed by atoms with Crippen LogP contribution in [0.4, 0.5) is 5.69 Å². The second kappa shape index (κ2) is 5.72. The van der Waals surface area contributed by atoms with E-state index in [1.807, 2.05) is 38.1 Å². The minimum absolute atomic E-state index is 0.210. The van der Waals surface area contributed by atoms with Gasteiger partial charge in [-0.15, -0.1) is 5.10 Å². The van der Waals surface area contributed by atoms with Crippen LogP contribution in [0.25, 0.3) is 5.69 Å². The van der Waals surface area contributed by atoms with Gasteiger partial charge in [0.15, 0.2) is 5.82 Å². The van der Waals surface area contributed by atoms with Gasteiger partial charge < -0.3 is 5.32 Å². The summed E-state index contributed by atoms with van der Waals surface area (Å²) in [7, 11) is 0. The molecule has 110 valence electrons. The van der Waals surface area contributed by atoms with Crippen LogP contribution >= 0.6 is 0 Å². The molecule has 1 amide bonds. The first kappa shape index (κ1) is 13.9. The fourth-order valence-electron chi connectivity index (χ4n) is 1.99. The van der Waals surface area contributed by atoms with Crippen molar-refractivity contribution in [3.63, 3.8) is 0 Å². The zero-order valence-corrected chi connectivity index (χ0v) is 12.2. The van der Waals surface area contributed by atoms with Gasteiger partial charge in [-0.1, -0.05) is 6.07 Å². The molecule has 7 heteroatoms. The summed E-state index contributed by atoms with van der Waals surface area (Å²) in [5, 5.41) is 14.2. The van der Waals surface area contributed by atoms with E-state index in [-0.39, 0.29) is 5.91 Å². The van der Waals surface area contributed by atoms with Crippen LogP contribution < -0.4 is 5.32 Å². The molecule has 0 aliphatic heterocycles. The Hall–Kier alpha value is -3.09. The van der Waals surface area contributed by atoms with Crippen molar-refractivity contribution in [1.29, 1.82) is 0 Å². The Bertz CT molecular complexity index is 809. The summed E-state index contributed by atoms with van der Waals surface area (Å²) in [5.74, 6) is 0.462. The highest BCUT2D eigenvalue weighted by Crippen LogP contribution is 2.15. The maximum absolute atomic E-state index is 12.2. The fraction of sp³-hybridized carbons (Fsp3) is 0.133. The van der Waals surface area contributed by atoms with Crippen LogP contribution in [0.3, 0.4) is 0 Å². The van der Waals surface area contributed by atoms with E-state index in [9.17, 15) is 4.79 Å². The Morgan fingerprint density at radius 2 is 2.05 bits per heavy atom. The van der Waals surface area contributed by atoms with E-state index < -0.39 is 0 Å². The van der Waals surface area contributed by atoms with Crippen LogP contribution in [-0.2, 0) is 0 Å². The number of tetrazole rings is 1. The molecule has 0 saturated carbocycles. The Morgan fingerprint density at radius 1 is 1.18 bits per heavy atom. The molecule has 1 N–H and O–H groups in total. The van der Waals surface area contributed by atoms with Gasteiger partial charge in [-0.2, -0.15) is 4.68 Å². The predicted octanol–water partition coefficient (Wildman–Crippen LogP) is 1.93. The molecule has 0 unspecified atom stereocenters. The van der Waals surface area contributed by atoms with Gasteiger partial charge in [-0.3, -0.25) is 9.78 Å². The van der Waals surface area contributed by atoms with Crippen molar-refractivity contribution >= 4 is 11.6 Å². The summed E-state index contributed by atoms with van der Waals surface area (Å²) in [6.45, 7) is 3.68. The number of carbonyl (C=O) groups excluding carboxylic acids is 1. The maximum Gasteiger partial charge on any atom is 0.257 e. The monoisotopic (exact) mass is 294 g/mol. The smallest absolute Gasteiger partial charge is 0.257 e. The number of hydrogen-bond acceptors (Lipinski definition) is 5. The van der Waals surface area contributed by atoms with Crippen molar-refractivity contribution in [3.8, 4) is 5.69 Å². The molecule has 0 atom stereocenters. The minimum atomic E-state index is -0.210. The van der Waals surface area contributed by atoms with Crippen molar-refractivity contribution in [1.82, 2.24) is 25.2 Å². The summed E-state index contributed by atoms with van der Waals surface area (Å²) in [6.07, 6.45) is 1.56. The van der Waals surface area contributed by atoms with Gasteiger partial charge in [0.1, 0.15) is 0 Å². The van der Waals surface area contributed by atoms with Gasteiger partial charge in [0, 0.05) is 17.6 Å². The molecule has 0 saturated heterocycles. The van der Waals surface area contributed by atoms with E-state index in [4.69, 9.17) is 0 Å². The number of aryl methyl sites for hydroxylation is 2. The van der Waals surface area contributed by atoms with Crippen LogP contribution in [0.5, 0.6) is 0 Å². The third-order valence-electron chi connectivity index (χ3n) is 3.15. The molecule has 2 heterocycles. The number of pyridine rings is 1. The first-order chi connectivity index (χ1) is 10.6. The van der Waals surface area contributed by atoms with Crippen LogP contribution in [-0.4, -0.2) is 31.1 Å². The molecule has 3 rings (SSSR count). The summed E-state index contributed by atoms with van der Waals surface area (Å²) >= 11 is 0. The lowest BCUT2D eigenvalue weighted by Crippen LogP contribution is -2.12. The van der Waals surface area contributed by atoms with E-state index in [2.05, 4.69) is 25.8 Å². The third-order valence-corrected chi connectivity index (χ3v) is 3.15. The molecule has 7 nitrogen and oxygen atoms in total. The number of nitrogens with zero attached hydrogens (tertiary/aromatic N) is 5. The topological polar surface area (TPSA) is 85.6 Å². The number of rotatable bonds is 3. The lowest BCUT2D eigenvalue weighted by atomic mass is 10.2. The molecule has 22 heavy (non-hydrogen) atoms. The Kier molecular flexibility index (Phi) is 3.61. The molecule has 0 bridgehead atoms. The number of amides is 1. The van der Waals surface area contributed by atoms with E-state index in [0.717, 1.165) is 11.4 Å². The SMILES string of the molecule is Cc1ccc(C(=O)Nc2cccc(-n3nnnc3C)c2)cn1. The zero-order valence-electron chi connectivity index (χ0n) is 12.2. The molecule has 0 aliphatic rings. The van der Waals surface area contributed by atoms with Gasteiger partial charge >= 0.3 is 0 Å². The fourth-order valence-corrected chi connectivity index (χ4v) is 1.99. The van der Waals surface area contributed by atoms with Crippen molar-refractivity contribution < 1.29 is 4.79 Å². The van der Waals surface area contributed by atoms with Crippen LogP contribution in [0, 0.1) is 13.8 Å². The van der Waals surface area contributed by atoms with E-state index in [0.29, 0.717) is 17.1 Å². The molecule has 0 fully saturated rings. The number of nitrogens with one attached hydrogen (secondary N) is 1. The predicted molar refractivity (Wildman–Crippen MR) is 80.8 cm³/mol. The number of anilines is 1. The lowest BCUT2D eigenvalue weighted by Gasteiger charge is -2.07. The van der Waals surface area contributed by atoms with E-state index >= 15 is 0 Å². The zero-order chi connectivity index (χ0) is 15.5. The first-order valence-corrected chi connectivity index (χ1v) is 6.73. The standard InChI is InChI=1S/C15H14N6O/c1-10-6-7-12(9-16-10)15(22)17-13-4-3-5-14(8-13)21-11(2)18-19-20-21/h3-9H,1-2H3,(H,17,22). The summed E-state index contributed by atoms with van der Waals surface area (Å²) in [4.78, 5) is 16.3. The molecule has 2 aromatic heterocycles. The lowest BCUT2D eigenvalue weighted by molar-refractivity contribution is 0.102. The minimum Gasteiger partial charge on any atom is -0.322 e. The molecule has 3 aromatic rings. The average molecular weight is 294 g/mol. The Morgan fingerprint density at radius 3 is 2.73 bits per heavy atom. The molecule has 0 aliphatic carbocycles. The maximum atomic E-state index is 12.2. The molecular formula is C15H14N6O. The normalized spacial score (nSPS) is 10.5. The quantitative estimate of drug-likeness (QED) is 0.797. The molecule has 1 aromatic carbocycles. The Labute approximate surface area is 127 Å². The largest absolute Gasteiger partial charge is 0.322 e. The van der Waals surface area contributed by atoms with Gasteiger partial charge in [-0.05, 0) is 54.6 Å². The van der Waals surface area contributed by atoms with Crippen molar-refractivity contribution in [2.24, 2.45) is 0 Å². The third kappa shape index (κ3) is 2.83. The second-order valence-corrected chi connectivity index (χ2v) is 4.83. The Balaban J connectivity index is 1.82. The van der Waals surface area contributed by atoms with Gasteiger partial charge in [-0.25, -0.2) is 0 Å². The summed E-state index contributed by atoms with van der Waals surface area (Å²) < 4.78 is 1.60. The van der Waals surface area contributed by atoms with Crippen LogP contribution in [0.15, 0.2) is 42.6 Å². The molecule has 0 spiro atoms. The van der Waals surface area contributed by atoms with Crippen LogP contribution in [0.2, 0.25) is 0 Å². The van der Waals surface area contributed by atoms with E-state index in [1.54, 1.807) is 23.0 Å². The van der Waals surface area contributed by atoms with Crippen molar-refractivity contribution in [2.45, 2.75) is 13.8 Å². The first-order valence-electron chi connectivity index (χ1n) is 6.73. The van der Waals surface area contributed by atoms with Gasteiger partial charge in [0.05, 0.1) is 11.3 Å². The number of carbonyl (C=O) groups is 1. The van der Waals surface area contributed by atoms with Crippen LogP contribution in [0.1, 0.15) is 21.9 Å². The van der Waals surface area contributed by atoms with Gasteiger partial charge in [0.25, 0.3) is 5.91 Å². The molecule has 0 radical (unpaired) electrons. The van der Waals surface area contributed by atoms with E-state index in [1.165, 1.54) is 0 Å².